The zero-order chi connectivity index (χ0) is 23.7. The molecule has 7 nitrogen and oxygen atoms in total. The lowest BCUT2D eigenvalue weighted by molar-refractivity contribution is 0.102. The summed E-state index contributed by atoms with van der Waals surface area (Å²) in [5.74, 6) is 1.21. The van der Waals surface area contributed by atoms with Crippen LogP contribution in [0.2, 0.25) is 5.15 Å². The Bertz CT molecular complexity index is 1510. The molecule has 0 fully saturated rings. The number of amides is 1. The van der Waals surface area contributed by atoms with Crippen LogP contribution in [0.25, 0.3) is 32.2 Å². The summed E-state index contributed by atoms with van der Waals surface area (Å²) < 4.78 is 17.6. The second-order valence-electron chi connectivity index (χ2n) is 7.33. The number of hydrogen-bond donors (Lipinski definition) is 1. The number of hydrogen-bond acceptors (Lipinski definition) is 7. The number of rotatable bonds is 7. The minimum atomic E-state index is -0.314. The van der Waals surface area contributed by atoms with Crippen molar-refractivity contribution in [3.63, 3.8) is 0 Å². The molecule has 9 heteroatoms. The molecule has 0 bridgehead atoms. The van der Waals surface area contributed by atoms with Crippen LogP contribution < -0.4 is 14.8 Å². The monoisotopic (exact) mass is 493 g/mol. The summed E-state index contributed by atoms with van der Waals surface area (Å²) in [6, 6.07) is 16.6. The lowest BCUT2D eigenvalue weighted by Crippen LogP contribution is -2.09. The largest absolute Gasteiger partial charge is 0.490 e. The van der Waals surface area contributed by atoms with E-state index < -0.39 is 0 Å². The van der Waals surface area contributed by atoms with Crippen molar-refractivity contribution in [3.05, 3.63) is 64.6 Å². The molecular formula is C25H20ClN3O4S. The molecule has 0 aliphatic rings. The second-order valence-corrected chi connectivity index (χ2v) is 8.74. The number of carbonyl (C=O) groups is 1. The number of halogens is 1. The number of fused-ring (bicyclic) bond motifs is 3. The minimum absolute atomic E-state index is 0.235. The van der Waals surface area contributed by atoms with Gasteiger partial charge in [0, 0.05) is 27.1 Å². The Labute approximate surface area is 204 Å². The quantitative estimate of drug-likeness (QED) is 0.251. The lowest BCUT2D eigenvalue weighted by Gasteiger charge is -2.11. The number of pyridine rings is 1. The van der Waals surface area contributed by atoms with Crippen molar-refractivity contribution in [2.24, 2.45) is 0 Å². The van der Waals surface area contributed by atoms with Gasteiger partial charge in [-0.1, -0.05) is 35.0 Å². The van der Waals surface area contributed by atoms with E-state index in [2.05, 4.69) is 15.5 Å². The molecule has 5 aromatic rings. The van der Waals surface area contributed by atoms with Crippen molar-refractivity contribution >= 4 is 55.7 Å². The Morgan fingerprint density at radius 3 is 2.65 bits per heavy atom. The third-order valence-electron chi connectivity index (χ3n) is 5.13. The summed E-state index contributed by atoms with van der Waals surface area (Å²) in [5, 5.41) is 8.93. The number of anilines is 1. The Balaban J connectivity index is 1.40. The van der Waals surface area contributed by atoms with Crippen LogP contribution >= 0.6 is 22.9 Å². The maximum absolute atomic E-state index is 12.9. The predicted molar refractivity (Wildman–Crippen MR) is 134 cm³/mol. The van der Waals surface area contributed by atoms with Crippen LogP contribution in [0.15, 0.2) is 59.1 Å². The van der Waals surface area contributed by atoms with Gasteiger partial charge in [0.25, 0.3) is 5.91 Å². The number of nitrogens with zero attached hydrogens (tertiary/aromatic N) is 2. The van der Waals surface area contributed by atoms with Gasteiger partial charge in [0.1, 0.15) is 10.8 Å². The number of thiophene rings is 1. The van der Waals surface area contributed by atoms with E-state index in [9.17, 15) is 4.79 Å². The maximum atomic E-state index is 12.9. The van der Waals surface area contributed by atoms with Crippen LogP contribution in [0, 0.1) is 0 Å². The smallest absolute Gasteiger partial charge is 0.268 e. The molecule has 34 heavy (non-hydrogen) atoms. The summed E-state index contributed by atoms with van der Waals surface area (Å²) in [4.78, 5) is 17.9. The Hall–Kier alpha value is -3.62. The van der Waals surface area contributed by atoms with Crippen LogP contribution in [0.1, 0.15) is 23.5 Å². The third kappa shape index (κ3) is 4.18. The first kappa shape index (κ1) is 22.2. The van der Waals surface area contributed by atoms with E-state index in [0.717, 1.165) is 26.6 Å². The lowest BCUT2D eigenvalue weighted by atomic mass is 10.1. The van der Waals surface area contributed by atoms with E-state index in [1.54, 1.807) is 12.1 Å². The first-order chi connectivity index (χ1) is 16.6. The van der Waals surface area contributed by atoms with E-state index in [-0.39, 0.29) is 11.8 Å². The van der Waals surface area contributed by atoms with E-state index >= 15 is 0 Å². The standard InChI is InChI=1S/C25H20ClN3O4S/c1-3-31-19-10-9-14(11-20(19)32-4-2)18-13-22(33-29-18)28-25(30)21-12-16-23(34-21)15-7-5-6-8-17(15)27-24(16)26/h5-13H,3-4H2,1-2H3,(H,28,30). The molecule has 0 radical (unpaired) electrons. The molecular weight excluding hydrogens is 474 g/mol. The first-order valence-corrected chi connectivity index (χ1v) is 11.9. The molecule has 0 saturated carbocycles. The molecule has 0 aliphatic heterocycles. The van der Waals surface area contributed by atoms with Gasteiger partial charge in [0.2, 0.25) is 5.88 Å². The fourth-order valence-electron chi connectivity index (χ4n) is 3.64. The fraction of sp³-hybridized carbons (Fsp3) is 0.160. The number of benzene rings is 2. The number of aromatic nitrogens is 2. The first-order valence-electron chi connectivity index (χ1n) is 10.7. The number of ether oxygens (including phenoxy) is 2. The van der Waals surface area contributed by atoms with Crippen molar-refractivity contribution in [1.82, 2.24) is 10.1 Å². The normalized spacial score (nSPS) is 11.1. The highest BCUT2D eigenvalue weighted by Gasteiger charge is 2.18. The molecule has 0 saturated heterocycles. The zero-order valence-corrected chi connectivity index (χ0v) is 20.0. The van der Waals surface area contributed by atoms with Crippen LogP contribution in [0.5, 0.6) is 11.5 Å². The Morgan fingerprint density at radius 1 is 1.03 bits per heavy atom. The highest BCUT2D eigenvalue weighted by atomic mass is 35.5. The van der Waals surface area contributed by atoms with Gasteiger partial charge in [-0.2, -0.15) is 0 Å². The van der Waals surface area contributed by atoms with Gasteiger partial charge in [0.05, 0.1) is 23.6 Å². The van der Waals surface area contributed by atoms with E-state index in [4.69, 9.17) is 25.6 Å². The van der Waals surface area contributed by atoms with E-state index in [0.29, 0.717) is 40.4 Å². The molecule has 1 amide bonds. The van der Waals surface area contributed by atoms with Crippen LogP contribution in [-0.4, -0.2) is 29.3 Å². The zero-order valence-electron chi connectivity index (χ0n) is 18.4. The van der Waals surface area contributed by atoms with Gasteiger partial charge in [-0.05, 0) is 44.2 Å². The van der Waals surface area contributed by atoms with Gasteiger partial charge in [-0.3, -0.25) is 10.1 Å². The topological polar surface area (TPSA) is 86.5 Å². The van der Waals surface area contributed by atoms with E-state index in [1.807, 2.05) is 56.3 Å². The van der Waals surface area contributed by atoms with Crippen molar-refractivity contribution in [3.8, 4) is 22.8 Å². The van der Waals surface area contributed by atoms with Crippen molar-refractivity contribution in [2.75, 3.05) is 18.5 Å². The summed E-state index contributed by atoms with van der Waals surface area (Å²) in [7, 11) is 0. The van der Waals surface area contributed by atoms with Gasteiger partial charge < -0.3 is 14.0 Å². The highest BCUT2D eigenvalue weighted by molar-refractivity contribution is 7.22. The average molecular weight is 494 g/mol. The molecule has 172 valence electrons. The van der Waals surface area contributed by atoms with Gasteiger partial charge >= 0.3 is 0 Å². The van der Waals surface area contributed by atoms with Crippen molar-refractivity contribution < 1.29 is 18.8 Å². The maximum Gasteiger partial charge on any atom is 0.268 e. The molecule has 0 atom stereocenters. The SMILES string of the molecule is CCOc1ccc(-c2cc(NC(=O)c3cc4c(Cl)nc5ccccc5c4s3)on2)cc1OCC. The minimum Gasteiger partial charge on any atom is -0.490 e. The molecule has 0 unspecified atom stereocenters. The van der Waals surface area contributed by atoms with Crippen LogP contribution in [0.4, 0.5) is 5.88 Å². The Morgan fingerprint density at radius 2 is 1.82 bits per heavy atom. The van der Waals surface area contributed by atoms with E-state index in [1.165, 1.54) is 11.3 Å². The Kier molecular flexibility index (Phi) is 6.08. The van der Waals surface area contributed by atoms with Crippen LogP contribution in [0.3, 0.4) is 0 Å². The van der Waals surface area contributed by atoms with Crippen molar-refractivity contribution in [1.29, 1.82) is 0 Å². The average Bonchev–Trinajstić information content (AvgIpc) is 3.49. The molecule has 1 N–H and O–H groups in total. The summed E-state index contributed by atoms with van der Waals surface area (Å²) in [6.07, 6.45) is 0. The van der Waals surface area contributed by atoms with Gasteiger partial charge in [0.15, 0.2) is 11.5 Å². The summed E-state index contributed by atoms with van der Waals surface area (Å²) >= 11 is 7.72. The molecule has 5 rings (SSSR count). The molecule has 0 aliphatic carbocycles. The number of carbonyl (C=O) groups excluding carboxylic acids is 1. The van der Waals surface area contributed by atoms with Crippen molar-refractivity contribution in [2.45, 2.75) is 13.8 Å². The number of para-hydroxylation sites is 1. The van der Waals surface area contributed by atoms with Crippen LogP contribution in [-0.2, 0) is 0 Å². The second kappa shape index (κ2) is 9.32. The number of nitrogens with one attached hydrogen (secondary N) is 1. The fourth-order valence-corrected chi connectivity index (χ4v) is 5.02. The summed E-state index contributed by atoms with van der Waals surface area (Å²) in [6.45, 7) is 4.87. The summed E-state index contributed by atoms with van der Waals surface area (Å²) in [5.41, 5.74) is 2.13. The highest BCUT2D eigenvalue weighted by Crippen LogP contribution is 2.36. The predicted octanol–water partition coefficient (Wildman–Crippen LogP) is 6.81. The molecule has 3 aromatic heterocycles. The van der Waals surface area contributed by atoms with Gasteiger partial charge in [-0.15, -0.1) is 11.3 Å². The third-order valence-corrected chi connectivity index (χ3v) is 6.59. The molecule has 0 spiro atoms. The molecule has 2 aromatic carbocycles. The molecule has 3 heterocycles. The van der Waals surface area contributed by atoms with Gasteiger partial charge in [-0.25, -0.2) is 4.98 Å².